The molecule has 0 saturated heterocycles. The second-order valence-corrected chi connectivity index (χ2v) is 6.99. The summed E-state index contributed by atoms with van der Waals surface area (Å²) in [5.74, 6) is 0.536. The highest BCUT2D eigenvalue weighted by molar-refractivity contribution is 7.16. The molecule has 0 bridgehead atoms. The van der Waals surface area contributed by atoms with Gasteiger partial charge in [0, 0.05) is 10.8 Å². The molecule has 0 radical (unpaired) electrons. The van der Waals surface area contributed by atoms with Gasteiger partial charge in [-0.2, -0.15) is 0 Å². The highest BCUT2D eigenvalue weighted by atomic mass is 32.1. The van der Waals surface area contributed by atoms with Crippen LogP contribution < -0.4 is 10.1 Å². The standard InChI is InChI=1S/C18H14N2O3S2/c1-2-22-13-6-3-5-11-9-14(23-16(11)13)17(21)20-18-19-12(10-25-18)15-7-4-8-24-15/h3-10H,2H2,1H3,(H,19,20,21). The minimum Gasteiger partial charge on any atom is -0.490 e. The molecule has 0 saturated carbocycles. The number of carbonyl (C=O) groups is 1. The normalized spacial score (nSPS) is 10.9. The van der Waals surface area contributed by atoms with Crippen molar-refractivity contribution in [2.45, 2.75) is 6.92 Å². The zero-order valence-electron chi connectivity index (χ0n) is 13.3. The number of ether oxygens (including phenoxy) is 1. The van der Waals surface area contributed by atoms with E-state index in [9.17, 15) is 4.79 Å². The topological polar surface area (TPSA) is 64.4 Å². The number of carbonyl (C=O) groups excluding carboxylic acids is 1. The third-order valence-electron chi connectivity index (χ3n) is 3.53. The molecule has 0 unspecified atom stereocenters. The lowest BCUT2D eigenvalue weighted by Gasteiger charge is -2.02. The van der Waals surface area contributed by atoms with E-state index in [1.807, 2.05) is 48.0 Å². The summed E-state index contributed by atoms with van der Waals surface area (Å²) in [6, 6.07) is 11.3. The number of furan rings is 1. The van der Waals surface area contributed by atoms with E-state index >= 15 is 0 Å². The highest BCUT2D eigenvalue weighted by Crippen LogP contribution is 2.31. The molecule has 0 atom stereocenters. The number of anilines is 1. The van der Waals surface area contributed by atoms with Gasteiger partial charge in [0.2, 0.25) is 0 Å². The molecular formula is C18H14N2O3S2. The van der Waals surface area contributed by atoms with E-state index in [1.54, 1.807) is 17.4 Å². The molecule has 0 spiro atoms. The molecule has 3 heterocycles. The second-order valence-electron chi connectivity index (χ2n) is 5.19. The molecule has 0 aliphatic heterocycles. The number of aromatic nitrogens is 1. The zero-order valence-corrected chi connectivity index (χ0v) is 14.9. The average Bonchev–Trinajstić information content (AvgIpc) is 3.35. The van der Waals surface area contributed by atoms with Crippen LogP contribution in [0.5, 0.6) is 5.75 Å². The van der Waals surface area contributed by atoms with Crippen molar-refractivity contribution in [3.8, 4) is 16.3 Å². The van der Waals surface area contributed by atoms with Crippen LogP contribution in [0.15, 0.2) is 51.6 Å². The van der Waals surface area contributed by atoms with Gasteiger partial charge < -0.3 is 9.15 Å². The van der Waals surface area contributed by atoms with Crippen molar-refractivity contribution in [2.75, 3.05) is 11.9 Å². The maximum absolute atomic E-state index is 12.5. The summed E-state index contributed by atoms with van der Waals surface area (Å²) in [7, 11) is 0. The molecule has 4 aromatic rings. The number of thiophene rings is 1. The first-order chi connectivity index (χ1) is 12.2. The molecule has 5 nitrogen and oxygen atoms in total. The number of rotatable bonds is 5. The molecule has 25 heavy (non-hydrogen) atoms. The Labute approximate surface area is 151 Å². The Morgan fingerprint density at radius 2 is 2.20 bits per heavy atom. The quantitative estimate of drug-likeness (QED) is 0.520. The first-order valence-electron chi connectivity index (χ1n) is 7.70. The van der Waals surface area contributed by atoms with Gasteiger partial charge in [-0.25, -0.2) is 4.98 Å². The van der Waals surface area contributed by atoms with Crippen LogP contribution in [0, 0.1) is 0 Å². The number of amides is 1. The van der Waals surface area contributed by atoms with Gasteiger partial charge in [-0.1, -0.05) is 18.2 Å². The van der Waals surface area contributed by atoms with Gasteiger partial charge >= 0.3 is 0 Å². The monoisotopic (exact) mass is 370 g/mol. The number of para-hydroxylation sites is 1. The Bertz CT molecular complexity index is 1020. The lowest BCUT2D eigenvalue weighted by molar-refractivity contribution is 0.0998. The Kier molecular flexibility index (Phi) is 4.25. The summed E-state index contributed by atoms with van der Waals surface area (Å²) >= 11 is 3.00. The molecule has 0 aliphatic carbocycles. The van der Waals surface area contributed by atoms with Crippen molar-refractivity contribution in [3.63, 3.8) is 0 Å². The van der Waals surface area contributed by atoms with E-state index < -0.39 is 0 Å². The van der Waals surface area contributed by atoms with Crippen LogP contribution in [0.3, 0.4) is 0 Å². The second kappa shape index (κ2) is 6.70. The first-order valence-corrected chi connectivity index (χ1v) is 9.46. The zero-order chi connectivity index (χ0) is 17.2. The van der Waals surface area contributed by atoms with Crippen molar-refractivity contribution in [2.24, 2.45) is 0 Å². The van der Waals surface area contributed by atoms with Gasteiger partial charge in [0.15, 0.2) is 22.2 Å². The van der Waals surface area contributed by atoms with Crippen molar-refractivity contribution in [3.05, 3.63) is 52.9 Å². The Morgan fingerprint density at radius 1 is 1.28 bits per heavy atom. The largest absolute Gasteiger partial charge is 0.490 e. The van der Waals surface area contributed by atoms with Gasteiger partial charge in [0.25, 0.3) is 5.91 Å². The van der Waals surface area contributed by atoms with Crippen molar-refractivity contribution < 1.29 is 13.9 Å². The number of hydrogen-bond acceptors (Lipinski definition) is 6. The fraction of sp³-hybridized carbons (Fsp3) is 0.111. The van der Waals surface area contributed by atoms with Crippen LogP contribution >= 0.6 is 22.7 Å². The number of fused-ring (bicyclic) bond motifs is 1. The molecular weight excluding hydrogens is 356 g/mol. The van der Waals surface area contributed by atoms with Crippen LogP contribution in [-0.4, -0.2) is 17.5 Å². The summed E-state index contributed by atoms with van der Waals surface area (Å²) in [5, 5.41) is 8.08. The van der Waals surface area contributed by atoms with Gasteiger partial charge in [-0.3, -0.25) is 10.1 Å². The SMILES string of the molecule is CCOc1cccc2cc(C(=O)Nc3nc(-c4cccs4)cs3)oc12. The first kappa shape index (κ1) is 15.9. The lowest BCUT2D eigenvalue weighted by atomic mass is 10.2. The van der Waals surface area contributed by atoms with E-state index in [2.05, 4.69) is 10.3 Å². The fourth-order valence-electron chi connectivity index (χ4n) is 2.44. The Balaban J connectivity index is 1.57. The van der Waals surface area contributed by atoms with Crippen LogP contribution in [0.4, 0.5) is 5.13 Å². The number of nitrogens with zero attached hydrogens (tertiary/aromatic N) is 1. The number of nitrogens with one attached hydrogen (secondary N) is 1. The fourth-order valence-corrected chi connectivity index (χ4v) is 3.91. The number of thiazole rings is 1. The van der Waals surface area contributed by atoms with Crippen molar-refractivity contribution in [1.82, 2.24) is 4.98 Å². The summed E-state index contributed by atoms with van der Waals surface area (Å²) < 4.78 is 11.2. The summed E-state index contributed by atoms with van der Waals surface area (Å²) in [6.07, 6.45) is 0. The molecule has 126 valence electrons. The van der Waals surface area contributed by atoms with E-state index in [0.29, 0.717) is 23.1 Å². The lowest BCUT2D eigenvalue weighted by Crippen LogP contribution is -2.10. The third kappa shape index (κ3) is 3.16. The van der Waals surface area contributed by atoms with Crippen molar-refractivity contribution >= 4 is 44.7 Å². The van der Waals surface area contributed by atoms with Gasteiger partial charge in [-0.05, 0) is 30.5 Å². The summed E-state index contributed by atoms with van der Waals surface area (Å²) in [4.78, 5) is 18.0. The molecule has 4 rings (SSSR count). The molecule has 1 amide bonds. The molecule has 1 N–H and O–H groups in total. The van der Waals surface area contributed by atoms with E-state index in [0.717, 1.165) is 16.0 Å². The third-order valence-corrected chi connectivity index (χ3v) is 5.18. The predicted molar refractivity (Wildman–Crippen MR) is 101 cm³/mol. The van der Waals surface area contributed by atoms with Crippen LogP contribution in [0.1, 0.15) is 17.5 Å². The molecule has 7 heteroatoms. The number of hydrogen-bond donors (Lipinski definition) is 1. The summed E-state index contributed by atoms with van der Waals surface area (Å²) in [6.45, 7) is 2.44. The molecule has 3 aromatic heterocycles. The smallest absolute Gasteiger partial charge is 0.293 e. The molecule has 1 aromatic carbocycles. The average molecular weight is 370 g/mol. The highest BCUT2D eigenvalue weighted by Gasteiger charge is 2.16. The minimum absolute atomic E-state index is 0.232. The molecule has 0 fully saturated rings. The summed E-state index contributed by atoms with van der Waals surface area (Å²) in [5.41, 5.74) is 1.44. The van der Waals surface area contributed by atoms with Crippen LogP contribution in [0.25, 0.3) is 21.5 Å². The maximum atomic E-state index is 12.5. The number of benzene rings is 1. The predicted octanol–water partition coefficient (Wildman–Crippen LogP) is 5.27. The Morgan fingerprint density at radius 3 is 3.00 bits per heavy atom. The van der Waals surface area contributed by atoms with Crippen LogP contribution in [0.2, 0.25) is 0 Å². The Hall–Kier alpha value is -2.64. The van der Waals surface area contributed by atoms with Gasteiger partial charge in [0.1, 0.15) is 0 Å². The van der Waals surface area contributed by atoms with Crippen LogP contribution in [-0.2, 0) is 0 Å². The van der Waals surface area contributed by atoms with Crippen molar-refractivity contribution in [1.29, 1.82) is 0 Å². The minimum atomic E-state index is -0.328. The van der Waals surface area contributed by atoms with Gasteiger partial charge in [-0.15, -0.1) is 22.7 Å². The molecule has 0 aliphatic rings. The maximum Gasteiger partial charge on any atom is 0.293 e. The van der Waals surface area contributed by atoms with E-state index in [4.69, 9.17) is 9.15 Å². The van der Waals surface area contributed by atoms with E-state index in [-0.39, 0.29) is 11.7 Å². The van der Waals surface area contributed by atoms with Gasteiger partial charge in [0.05, 0.1) is 17.2 Å². The van der Waals surface area contributed by atoms with E-state index in [1.165, 1.54) is 11.3 Å².